The average molecular weight is 324 g/mol. The Balaban J connectivity index is 2.13. The standard InChI is InChI=1S/C17H15F3O3/c1-21-14-9-15(22-2)11-16(10-14)23-7-6-12-4-3-5-13(8-12)17(18,19)20/h3-11H,1-2H3/b7-6+. The second kappa shape index (κ2) is 7.09. The van der Waals surface area contributed by atoms with Gasteiger partial charge in [0, 0.05) is 18.2 Å². The number of methoxy groups -OCH3 is 2. The van der Waals surface area contributed by atoms with Crippen molar-refractivity contribution in [1.29, 1.82) is 0 Å². The topological polar surface area (TPSA) is 27.7 Å². The summed E-state index contributed by atoms with van der Waals surface area (Å²) in [7, 11) is 3.02. The van der Waals surface area contributed by atoms with E-state index < -0.39 is 11.7 Å². The lowest BCUT2D eigenvalue weighted by molar-refractivity contribution is -0.137. The molecule has 122 valence electrons. The van der Waals surface area contributed by atoms with Gasteiger partial charge in [-0.25, -0.2) is 0 Å². The Bertz CT molecular complexity index is 671. The molecule has 0 heterocycles. The molecule has 0 bridgehead atoms. The maximum absolute atomic E-state index is 12.6. The smallest absolute Gasteiger partial charge is 0.416 e. The van der Waals surface area contributed by atoms with Gasteiger partial charge in [-0.2, -0.15) is 13.2 Å². The van der Waals surface area contributed by atoms with Crippen LogP contribution < -0.4 is 14.2 Å². The van der Waals surface area contributed by atoms with E-state index in [0.29, 0.717) is 22.8 Å². The Morgan fingerprint density at radius 2 is 1.48 bits per heavy atom. The molecule has 2 aromatic carbocycles. The summed E-state index contributed by atoms with van der Waals surface area (Å²) in [5, 5.41) is 0. The van der Waals surface area contributed by atoms with Crippen molar-refractivity contribution in [2.75, 3.05) is 14.2 Å². The van der Waals surface area contributed by atoms with Crippen molar-refractivity contribution in [3.8, 4) is 17.2 Å². The van der Waals surface area contributed by atoms with Crippen LogP contribution >= 0.6 is 0 Å². The van der Waals surface area contributed by atoms with Crippen LogP contribution in [0.5, 0.6) is 17.2 Å². The molecule has 0 N–H and O–H groups in total. The van der Waals surface area contributed by atoms with Gasteiger partial charge < -0.3 is 14.2 Å². The molecule has 0 radical (unpaired) electrons. The van der Waals surface area contributed by atoms with E-state index in [0.717, 1.165) is 12.1 Å². The average Bonchev–Trinajstić information content (AvgIpc) is 2.54. The van der Waals surface area contributed by atoms with E-state index in [1.54, 1.807) is 24.3 Å². The van der Waals surface area contributed by atoms with Gasteiger partial charge in [0.2, 0.25) is 0 Å². The largest absolute Gasteiger partial charge is 0.496 e. The SMILES string of the molecule is COc1cc(OC)cc(O/C=C/c2cccc(C(F)(F)F)c2)c1. The first-order valence-corrected chi connectivity index (χ1v) is 6.66. The fourth-order valence-corrected chi connectivity index (χ4v) is 1.86. The van der Waals surface area contributed by atoms with E-state index in [4.69, 9.17) is 14.2 Å². The molecule has 0 saturated heterocycles. The van der Waals surface area contributed by atoms with Gasteiger partial charge in [0.15, 0.2) is 0 Å². The zero-order valence-electron chi connectivity index (χ0n) is 12.6. The van der Waals surface area contributed by atoms with Crippen LogP contribution in [0.1, 0.15) is 11.1 Å². The quantitative estimate of drug-likeness (QED) is 0.741. The Morgan fingerprint density at radius 3 is 2.04 bits per heavy atom. The third-order valence-corrected chi connectivity index (χ3v) is 3.00. The van der Waals surface area contributed by atoms with Crippen LogP contribution in [0.15, 0.2) is 48.7 Å². The van der Waals surface area contributed by atoms with Gasteiger partial charge in [0.05, 0.1) is 26.0 Å². The Kier molecular flexibility index (Phi) is 5.16. The van der Waals surface area contributed by atoms with Gasteiger partial charge in [0.25, 0.3) is 0 Å². The number of benzene rings is 2. The second-order valence-corrected chi connectivity index (χ2v) is 4.59. The second-order valence-electron chi connectivity index (χ2n) is 4.59. The third-order valence-electron chi connectivity index (χ3n) is 3.00. The summed E-state index contributed by atoms with van der Waals surface area (Å²) in [6.45, 7) is 0. The van der Waals surface area contributed by atoms with Crippen molar-refractivity contribution >= 4 is 6.08 Å². The number of halogens is 3. The van der Waals surface area contributed by atoms with E-state index >= 15 is 0 Å². The number of rotatable bonds is 5. The van der Waals surface area contributed by atoms with Crippen molar-refractivity contribution in [3.63, 3.8) is 0 Å². The van der Waals surface area contributed by atoms with Gasteiger partial charge in [0.1, 0.15) is 17.2 Å². The third kappa shape index (κ3) is 4.67. The summed E-state index contributed by atoms with van der Waals surface area (Å²) >= 11 is 0. The molecule has 0 saturated carbocycles. The van der Waals surface area contributed by atoms with Crippen molar-refractivity contribution in [1.82, 2.24) is 0 Å². The number of hydrogen-bond donors (Lipinski definition) is 0. The first-order chi connectivity index (χ1) is 10.9. The summed E-state index contributed by atoms with van der Waals surface area (Å²) in [6, 6.07) is 9.93. The van der Waals surface area contributed by atoms with Crippen LogP contribution in [-0.4, -0.2) is 14.2 Å². The molecule has 0 atom stereocenters. The molecular formula is C17H15F3O3. The maximum atomic E-state index is 12.6. The Morgan fingerprint density at radius 1 is 0.870 bits per heavy atom. The van der Waals surface area contributed by atoms with Gasteiger partial charge in [-0.15, -0.1) is 0 Å². The molecule has 2 aromatic rings. The molecule has 2 rings (SSSR count). The molecular weight excluding hydrogens is 309 g/mol. The Hall–Kier alpha value is -2.63. The highest BCUT2D eigenvalue weighted by Gasteiger charge is 2.30. The van der Waals surface area contributed by atoms with Crippen LogP contribution in [0.4, 0.5) is 13.2 Å². The molecule has 3 nitrogen and oxygen atoms in total. The van der Waals surface area contributed by atoms with Crippen molar-refractivity contribution in [3.05, 3.63) is 59.9 Å². The monoisotopic (exact) mass is 324 g/mol. The lowest BCUT2D eigenvalue weighted by Gasteiger charge is -2.08. The van der Waals surface area contributed by atoms with Gasteiger partial charge >= 0.3 is 6.18 Å². The fraction of sp³-hybridized carbons (Fsp3) is 0.176. The van der Waals surface area contributed by atoms with Crippen LogP contribution in [0.25, 0.3) is 6.08 Å². The molecule has 0 aliphatic heterocycles. The molecule has 0 fully saturated rings. The molecule has 6 heteroatoms. The molecule has 0 amide bonds. The number of hydrogen-bond acceptors (Lipinski definition) is 3. The molecule has 0 aromatic heterocycles. The minimum absolute atomic E-state index is 0.384. The summed E-state index contributed by atoms with van der Waals surface area (Å²) < 4.78 is 53.5. The van der Waals surface area contributed by atoms with Crippen LogP contribution in [0.3, 0.4) is 0 Å². The van der Waals surface area contributed by atoms with Crippen molar-refractivity contribution in [2.45, 2.75) is 6.18 Å². The number of ether oxygens (including phenoxy) is 3. The fourth-order valence-electron chi connectivity index (χ4n) is 1.86. The summed E-state index contributed by atoms with van der Waals surface area (Å²) in [6.07, 6.45) is -1.62. The maximum Gasteiger partial charge on any atom is 0.416 e. The van der Waals surface area contributed by atoms with Crippen molar-refractivity contribution < 1.29 is 27.4 Å². The van der Waals surface area contributed by atoms with E-state index in [9.17, 15) is 13.2 Å². The highest BCUT2D eigenvalue weighted by Crippen LogP contribution is 2.30. The van der Waals surface area contributed by atoms with Crippen LogP contribution in [0.2, 0.25) is 0 Å². The zero-order chi connectivity index (χ0) is 16.9. The van der Waals surface area contributed by atoms with Gasteiger partial charge in [-0.1, -0.05) is 12.1 Å². The van der Waals surface area contributed by atoms with Gasteiger partial charge in [-0.3, -0.25) is 0 Å². The van der Waals surface area contributed by atoms with Crippen molar-refractivity contribution in [2.24, 2.45) is 0 Å². The minimum Gasteiger partial charge on any atom is -0.496 e. The predicted molar refractivity (Wildman–Crippen MR) is 80.7 cm³/mol. The summed E-state index contributed by atoms with van der Waals surface area (Å²) in [5.74, 6) is 1.54. The van der Waals surface area contributed by atoms with E-state index in [1.807, 2.05) is 0 Å². The first-order valence-electron chi connectivity index (χ1n) is 6.66. The summed E-state index contributed by atoms with van der Waals surface area (Å²) in [5.41, 5.74) is -0.322. The minimum atomic E-state index is -4.37. The molecule has 0 unspecified atom stereocenters. The van der Waals surface area contributed by atoms with Crippen LogP contribution in [0, 0.1) is 0 Å². The van der Waals surface area contributed by atoms with E-state index in [-0.39, 0.29) is 0 Å². The molecule has 0 aliphatic carbocycles. The van der Waals surface area contributed by atoms with Gasteiger partial charge in [-0.05, 0) is 23.8 Å². The first kappa shape index (κ1) is 16.7. The lowest BCUT2D eigenvalue weighted by atomic mass is 10.1. The summed E-state index contributed by atoms with van der Waals surface area (Å²) in [4.78, 5) is 0. The van der Waals surface area contributed by atoms with Crippen LogP contribution in [-0.2, 0) is 6.18 Å². The lowest BCUT2D eigenvalue weighted by Crippen LogP contribution is -2.04. The highest BCUT2D eigenvalue weighted by atomic mass is 19.4. The highest BCUT2D eigenvalue weighted by molar-refractivity contribution is 5.50. The Labute approximate surface area is 131 Å². The predicted octanol–water partition coefficient (Wildman–Crippen LogP) is 4.77. The number of alkyl halides is 3. The van der Waals surface area contributed by atoms with E-state index in [1.165, 1.54) is 32.6 Å². The normalized spacial score (nSPS) is 11.5. The molecule has 0 aliphatic rings. The van der Waals surface area contributed by atoms with E-state index in [2.05, 4.69) is 0 Å². The molecule has 23 heavy (non-hydrogen) atoms. The zero-order valence-corrected chi connectivity index (χ0v) is 12.6. The molecule has 0 spiro atoms.